The molecule has 3 heterocycles. The van der Waals surface area contributed by atoms with Crippen molar-refractivity contribution < 1.29 is 42.1 Å². The van der Waals surface area contributed by atoms with Crippen LogP contribution in [-0.4, -0.2) is 142 Å². The van der Waals surface area contributed by atoms with Gasteiger partial charge in [-0.25, -0.2) is 12.7 Å². The summed E-state index contributed by atoms with van der Waals surface area (Å²) in [6, 6.07) is -0.355. The first-order chi connectivity index (χ1) is 20.7. The number of sulfonamides is 1. The predicted molar refractivity (Wildman–Crippen MR) is 171 cm³/mol. The third-order valence-electron chi connectivity index (χ3n) is 10.4. The van der Waals surface area contributed by atoms with Gasteiger partial charge in [-0.1, -0.05) is 13.8 Å². The molecular weight excluding hydrogens is 602 g/mol. The summed E-state index contributed by atoms with van der Waals surface area (Å²) in [6.45, 7) is 12.5. The summed E-state index contributed by atoms with van der Waals surface area (Å²) < 4.78 is 50.6. The molecule has 0 aromatic carbocycles. The standard InChI is InChI=1S/C32H59N3O9S/c1-20-17-32(6,41-10)28(44-29-26(36)24(33(7)8)16-21(2)43-29)22(3)27(37)31(4,5)30(38)42-19-25(34(9)18-20)23-12-14-35(15-13-23)45(11,39)40/h20-26,28-29,36H,12-19H2,1-11H3/t20-,21-,22+,24+,25+,26-,28-,29+,32-/m1/s1. The van der Waals surface area contributed by atoms with Crippen LogP contribution in [0.15, 0.2) is 0 Å². The Bertz CT molecular complexity index is 1130. The highest BCUT2D eigenvalue weighted by Gasteiger charge is 2.51. The quantitative estimate of drug-likeness (QED) is 0.331. The van der Waals surface area contributed by atoms with Gasteiger partial charge < -0.3 is 29.0 Å². The maximum Gasteiger partial charge on any atom is 0.319 e. The molecule has 0 aliphatic carbocycles. The van der Waals surface area contributed by atoms with Crippen LogP contribution in [0.3, 0.4) is 0 Å². The monoisotopic (exact) mass is 661 g/mol. The minimum absolute atomic E-state index is 0.0714. The first-order valence-electron chi connectivity index (χ1n) is 16.3. The van der Waals surface area contributed by atoms with Crippen molar-refractivity contribution in [1.82, 2.24) is 14.1 Å². The van der Waals surface area contributed by atoms with Gasteiger partial charge in [-0.15, -0.1) is 0 Å². The predicted octanol–water partition coefficient (Wildman–Crippen LogP) is 1.99. The minimum Gasteiger partial charge on any atom is -0.463 e. The van der Waals surface area contributed by atoms with Gasteiger partial charge in [0.2, 0.25) is 10.0 Å². The lowest BCUT2D eigenvalue weighted by Gasteiger charge is -2.47. The van der Waals surface area contributed by atoms with Crippen molar-refractivity contribution in [1.29, 1.82) is 0 Å². The van der Waals surface area contributed by atoms with Crippen molar-refractivity contribution in [2.24, 2.45) is 23.2 Å². The maximum absolute atomic E-state index is 14.2. The Morgan fingerprint density at radius 3 is 2.20 bits per heavy atom. The van der Waals surface area contributed by atoms with Gasteiger partial charge in [0.15, 0.2) is 12.1 Å². The number of hydrogen-bond acceptors (Lipinski definition) is 11. The van der Waals surface area contributed by atoms with E-state index in [1.165, 1.54) is 10.6 Å². The van der Waals surface area contributed by atoms with E-state index in [-0.39, 0.29) is 42.4 Å². The number of ketones is 1. The Morgan fingerprint density at radius 1 is 1.07 bits per heavy atom. The number of piperidine rings is 1. The first kappa shape index (κ1) is 38.3. The van der Waals surface area contributed by atoms with Crippen LogP contribution in [-0.2, 0) is 38.6 Å². The fraction of sp³-hybridized carbons (Fsp3) is 0.938. The number of aliphatic hydroxyl groups is 1. The van der Waals surface area contributed by atoms with E-state index in [4.69, 9.17) is 18.9 Å². The van der Waals surface area contributed by atoms with Crippen LogP contribution in [0.1, 0.15) is 67.2 Å². The number of nitrogens with zero attached hydrogens (tertiary/aromatic N) is 3. The molecule has 0 amide bonds. The number of carbonyl (C=O) groups excluding carboxylic acids is 2. The van der Waals surface area contributed by atoms with E-state index in [9.17, 15) is 23.1 Å². The van der Waals surface area contributed by atoms with Gasteiger partial charge in [0, 0.05) is 44.7 Å². The molecule has 3 rings (SSSR count). The van der Waals surface area contributed by atoms with Crippen LogP contribution in [0, 0.1) is 23.2 Å². The number of methoxy groups -OCH3 is 1. The lowest BCUT2D eigenvalue weighted by Crippen LogP contribution is -2.59. The summed E-state index contributed by atoms with van der Waals surface area (Å²) in [6.07, 6.45) is 0.700. The van der Waals surface area contributed by atoms with Gasteiger partial charge in [0.1, 0.15) is 18.1 Å². The number of esters is 1. The highest BCUT2D eigenvalue weighted by Crippen LogP contribution is 2.39. The van der Waals surface area contributed by atoms with Crippen molar-refractivity contribution in [3.05, 3.63) is 0 Å². The Hall–Kier alpha value is -1.19. The molecule has 45 heavy (non-hydrogen) atoms. The van der Waals surface area contributed by atoms with Gasteiger partial charge in [-0.05, 0) is 86.4 Å². The van der Waals surface area contributed by atoms with Crippen LogP contribution < -0.4 is 0 Å². The zero-order valence-electron chi connectivity index (χ0n) is 29.3. The molecule has 0 aromatic rings. The van der Waals surface area contributed by atoms with Crippen LogP contribution in [0.25, 0.3) is 0 Å². The van der Waals surface area contributed by atoms with Gasteiger partial charge in [0.25, 0.3) is 0 Å². The highest BCUT2D eigenvalue weighted by molar-refractivity contribution is 7.88. The molecule has 13 heteroatoms. The molecule has 262 valence electrons. The summed E-state index contributed by atoms with van der Waals surface area (Å²) in [4.78, 5) is 32.0. The van der Waals surface area contributed by atoms with Gasteiger partial charge in [-0.2, -0.15) is 0 Å². The van der Waals surface area contributed by atoms with Crippen LogP contribution in [0.2, 0.25) is 0 Å². The molecule has 1 N–H and O–H groups in total. The average Bonchev–Trinajstić information content (AvgIpc) is 2.95. The highest BCUT2D eigenvalue weighted by atomic mass is 32.2. The molecule has 3 aliphatic heterocycles. The third-order valence-corrected chi connectivity index (χ3v) is 11.7. The second-order valence-electron chi connectivity index (χ2n) is 14.8. The van der Waals surface area contributed by atoms with E-state index < -0.39 is 51.4 Å². The Labute approximate surface area is 271 Å². The van der Waals surface area contributed by atoms with Gasteiger partial charge in [-0.3, -0.25) is 14.5 Å². The summed E-state index contributed by atoms with van der Waals surface area (Å²) >= 11 is 0. The number of likely N-dealkylation sites (N-methyl/N-ethyl adjacent to an activating group) is 2. The summed E-state index contributed by atoms with van der Waals surface area (Å²) in [7, 11) is 4.14. The van der Waals surface area contributed by atoms with Crippen molar-refractivity contribution in [2.45, 2.75) is 110 Å². The Kier molecular flexibility index (Phi) is 12.7. The smallest absolute Gasteiger partial charge is 0.319 e. The van der Waals surface area contributed by atoms with E-state index >= 15 is 0 Å². The molecule has 3 aliphatic rings. The maximum atomic E-state index is 14.2. The first-order valence-corrected chi connectivity index (χ1v) is 18.1. The van der Waals surface area contributed by atoms with Crippen molar-refractivity contribution in [3.63, 3.8) is 0 Å². The van der Waals surface area contributed by atoms with E-state index in [1.807, 2.05) is 39.9 Å². The third kappa shape index (κ3) is 8.84. The van der Waals surface area contributed by atoms with E-state index in [0.29, 0.717) is 45.3 Å². The van der Waals surface area contributed by atoms with Crippen LogP contribution >= 0.6 is 0 Å². The molecule has 0 aromatic heterocycles. The number of aliphatic hydroxyl groups excluding tert-OH is 1. The fourth-order valence-electron chi connectivity index (χ4n) is 7.65. The molecule has 0 radical (unpaired) electrons. The van der Waals surface area contributed by atoms with Crippen molar-refractivity contribution >= 4 is 21.8 Å². The summed E-state index contributed by atoms with van der Waals surface area (Å²) in [5, 5.41) is 11.3. The summed E-state index contributed by atoms with van der Waals surface area (Å²) in [5.74, 6) is -1.59. The number of cyclic esters (lactones) is 1. The normalized spacial score (nSPS) is 39.1. The Morgan fingerprint density at radius 2 is 1.67 bits per heavy atom. The zero-order chi connectivity index (χ0) is 34.1. The molecule has 0 saturated carbocycles. The largest absolute Gasteiger partial charge is 0.463 e. The molecule has 3 fully saturated rings. The molecule has 3 saturated heterocycles. The fourth-order valence-corrected chi connectivity index (χ4v) is 8.53. The lowest BCUT2D eigenvalue weighted by atomic mass is 9.74. The number of rotatable bonds is 6. The number of hydrogen-bond donors (Lipinski definition) is 1. The molecular formula is C32H59N3O9S. The number of Topliss-reactive ketones (excluding diaryl/α,β-unsaturated/α-hetero) is 1. The van der Waals surface area contributed by atoms with Crippen molar-refractivity contribution in [2.75, 3.05) is 60.7 Å². The Balaban J connectivity index is 1.96. The van der Waals surface area contributed by atoms with E-state index in [0.717, 1.165) is 0 Å². The zero-order valence-corrected chi connectivity index (χ0v) is 30.1. The minimum atomic E-state index is -3.28. The number of ether oxygens (including phenoxy) is 4. The lowest BCUT2D eigenvalue weighted by molar-refractivity contribution is -0.295. The van der Waals surface area contributed by atoms with E-state index in [2.05, 4.69) is 11.8 Å². The van der Waals surface area contributed by atoms with E-state index in [1.54, 1.807) is 27.9 Å². The molecule has 9 atom stereocenters. The van der Waals surface area contributed by atoms with Gasteiger partial charge >= 0.3 is 5.97 Å². The number of carbonyl (C=O) groups is 2. The molecule has 0 bridgehead atoms. The second kappa shape index (κ2) is 14.9. The topological polar surface area (TPSA) is 135 Å². The molecule has 0 unspecified atom stereocenters. The average molecular weight is 662 g/mol. The van der Waals surface area contributed by atoms with Gasteiger partial charge in [0.05, 0.1) is 24.1 Å². The van der Waals surface area contributed by atoms with Crippen molar-refractivity contribution in [3.8, 4) is 0 Å². The summed E-state index contributed by atoms with van der Waals surface area (Å²) in [5.41, 5.74) is -2.46. The SMILES string of the molecule is CO[C@]1(C)C[C@@H](C)CN(C)[C@H](C2CCN(S(C)(=O)=O)CC2)COC(=O)C(C)(C)C(=O)[C@H](C)[C@H]1O[C@@H]1O[C@H](C)C[C@H](N(C)C)[C@H]1O. The van der Waals surface area contributed by atoms with Crippen LogP contribution in [0.4, 0.5) is 0 Å². The molecule has 0 spiro atoms. The second-order valence-corrected chi connectivity index (χ2v) is 16.8. The van der Waals surface area contributed by atoms with Crippen LogP contribution in [0.5, 0.6) is 0 Å². The molecule has 12 nitrogen and oxygen atoms in total.